The molecule has 2 saturated heterocycles. The van der Waals surface area contributed by atoms with Crippen LogP contribution in [0.2, 0.25) is 0 Å². The predicted octanol–water partition coefficient (Wildman–Crippen LogP) is 0.0109. The lowest BCUT2D eigenvalue weighted by molar-refractivity contribution is 0.200. The second-order valence-electron chi connectivity index (χ2n) is 5.46. The van der Waals surface area contributed by atoms with Gasteiger partial charge in [-0.05, 0) is 12.8 Å². The molecule has 0 unspecified atom stereocenters. The number of nitrogens with two attached hydrogens (primary N) is 1. The molecule has 0 radical (unpaired) electrons. The molecule has 0 bridgehead atoms. The van der Waals surface area contributed by atoms with Crippen molar-refractivity contribution in [3.05, 3.63) is 0 Å². The molecular weight excluding hydrogens is 296 g/mol. The van der Waals surface area contributed by atoms with Crippen molar-refractivity contribution in [1.82, 2.24) is 13.5 Å². The molecule has 2 fully saturated rings. The highest BCUT2D eigenvalue weighted by atomic mass is 32.2. The van der Waals surface area contributed by atoms with Gasteiger partial charge in [-0.3, -0.25) is 4.90 Å². The molecule has 8 heteroatoms. The summed E-state index contributed by atoms with van der Waals surface area (Å²) >= 11 is 4.89. The Morgan fingerprint density at radius 1 is 0.900 bits per heavy atom. The number of rotatable bonds is 4. The van der Waals surface area contributed by atoms with Crippen LogP contribution in [0.25, 0.3) is 0 Å². The average molecular weight is 320 g/mol. The molecule has 2 aliphatic heterocycles. The Balaban J connectivity index is 1.92. The van der Waals surface area contributed by atoms with Crippen LogP contribution in [0.4, 0.5) is 0 Å². The van der Waals surface area contributed by atoms with Gasteiger partial charge in [-0.25, -0.2) is 0 Å². The van der Waals surface area contributed by atoms with E-state index in [0.717, 1.165) is 25.7 Å². The highest BCUT2D eigenvalue weighted by Crippen LogP contribution is 2.17. The van der Waals surface area contributed by atoms with Crippen LogP contribution in [0.15, 0.2) is 0 Å². The highest BCUT2D eigenvalue weighted by Gasteiger charge is 2.32. The summed E-state index contributed by atoms with van der Waals surface area (Å²) in [6.07, 6.45) is 4.21. The molecule has 2 aliphatic rings. The molecule has 20 heavy (non-hydrogen) atoms. The smallest absolute Gasteiger partial charge is 0.282 e. The van der Waals surface area contributed by atoms with Gasteiger partial charge in [0.1, 0.15) is 0 Å². The SMILES string of the molecule is NC(=S)CN1CCN(S(=O)(=O)N2CCCCCC2)CC1. The monoisotopic (exact) mass is 320 g/mol. The van der Waals surface area contributed by atoms with Crippen LogP contribution in [-0.2, 0) is 10.2 Å². The highest BCUT2D eigenvalue weighted by molar-refractivity contribution is 7.86. The van der Waals surface area contributed by atoms with E-state index in [1.54, 1.807) is 8.61 Å². The fraction of sp³-hybridized carbons (Fsp3) is 0.917. The first kappa shape index (κ1) is 16.1. The molecular formula is C12H24N4O2S2. The molecule has 0 aromatic rings. The van der Waals surface area contributed by atoms with Crippen molar-refractivity contribution in [2.75, 3.05) is 45.8 Å². The number of hydrogen-bond acceptors (Lipinski definition) is 4. The zero-order valence-electron chi connectivity index (χ0n) is 11.8. The van der Waals surface area contributed by atoms with E-state index >= 15 is 0 Å². The van der Waals surface area contributed by atoms with Crippen LogP contribution in [0.1, 0.15) is 25.7 Å². The van der Waals surface area contributed by atoms with Crippen molar-refractivity contribution >= 4 is 27.4 Å². The van der Waals surface area contributed by atoms with Gasteiger partial charge in [-0.2, -0.15) is 17.0 Å². The molecule has 2 N–H and O–H groups in total. The van der Waals surface area contributed by atoms with E-state index in [1.165, 1.54) is 0 Å². The summed E-state index contributed by atoms with van der Waals surface area (Å²) in [5.74, 6) is 0. The summed E-state index contributed by atoms with van der Waals surface area (Å²) in [4.78, 5) is 2.57. The first-order valence-corrected chi connectivity index (χ1v) is 9.06. The second-order valence-corrected chi connectivity index (χ2v) is 7.92. The van der Waals surface area contributed by atoms with Crippen LogP contribution in [0.3, 0.4) is 0 Å². The van der Waals surface area contributed by atoms with Gasteiger partial charge in [0.05, 0.1) is 4.99 Å². The van der Waals surface area contributed by atoms with E-state index in [0.29, 0.717) is 50.8 Å². The standard InChI is InChI=1S/C12H24N4O2S2/c13-12(19)11-14-7-9-16(10-8-14)20(17,18)15-5-3-1-2-4-6-15/h1-11H2,(H2,13,19). The van der Waals surface area contributed by atoms with Crippen LogP contribution >= 0.6 is 12.2 Å². The average Bonchev–Trinajstić information content (AvgIpc) is 2.68. The minimum Gasteiger partial charge on any atom is -0.392 e. The number of thiocarbonyl (C=S) groups is 1. The molecule has 116 valence electrons. The minimum absolute atomic E-state index is 0.467. The van der Waals surface area contributed by atoms with Gasteiger partial charge in [0.2, 0.25) is 0 Å². The maximum Gasteiger partial charge on any atom is 0.282 e. The molecule has 0 amide bonds. The lowest BCUT2D eigenvalue weighted by atomic mass is 10.2. The summed E-state index contributed by atoms with van der Waals surface area (Å²) in [6, 6.07) is 0. The molecule has 0 saturated carbocycles. The molecule has 0 aliphatic carbocycles. The van der Waals surface area contributed by atoms with E-state index < -0.39 is 10.2 Å². The zero-order chi connectivity index (χ0) is 14.6. The van der Waals surface area contributed by atoms with Crippen molar-refractivity contribution in [1.29, 1.82) is 0 Å². The summed E-state index contributed by atoms with van der Waals surface area (Å²) in [5.41, 5.74) is 5.53. The fourth-order valence-electron chi connectivity index (χ4n) is 2.77. The summed E-state index contributed by atoms with van der Waals surface area (Å²) in [5, 5.41) is 0. The van der Waals surface area contributed by atoms with Gasteiger partial charge in [0, 0.05) is 45.8 Å². The maximum atomic E-state index is 12.6. The zero-order valence-corrected chi connectivity index (χ0v) is 13.5. The Morgan fingerprint density at radius 2 is 1.40 bits per heavy atom. The third-order valence-corrected chi connectivity index (χ3v) is 6.09. The lowest BCUT2D eigenvalue weighted by Gasteiger charge is -2.36. The third-order valence-electron chi connectivity index (χ3n) is 3.93. The van der Waals surface area contributed by atoms with Gasteiger partial charge in [-0.1, -0.05) is 25.1 Å². The van der Waals surface area contributed by atoms with Crippen LogP contribution in [0, 0.1) is 0 Å². The van der Waals surface area contributed by atoms with Gasteiger partial charge >= 0.3 is 0 Å². The summed E-state index contributed by atoms with van der Waals surface area (Å²) in [7, 11) is -3.28. The number of hydrogen-bond donors (Lipinski definition) is 1. The molecule has 2 heterocycles. The van der Waals surface area contributed by atoms with Crippen LogP contribution in [0.5, 0.6) is 0 Å². The maximum absolute atomic E-state index is 12.6. The van der Waals surface area contributed by atoms with Crippen molar-refractivity contribution in [2.45, 2.75) is 25.7 Å². The summed E-state index contributed by atoms with van der Waals surface area (Å²) in [6.45, 7) is 4.36. The molecule has 6 nitrogen and oxygen atoms in total. The van der Waals surface area contributed by atoms with Crippen LogP contribution in [-0.4, -0.2) is 72.7 Å². The van der Waals surface area contributed by atoms with E-state index in [1.807, 2.05) is 0 Å². The largest absolute Gasteiger partial charge is 0.392 e. The molecule has 0 aromatic heterocycles. The van der Waals surface area contributed by atoms with Gasteiger partial charge in [0.15, 0.2) is 0 Å². The van der Waals surface area contributed by atoms with Crippen molar-refractivity contribution in [3.8, 4) is 0 Å². The molecule has 2 rings (SSSR count). The van der Waals surface area contributed by atoms with Gasteiger partial charge < -0.3 is 5.73 Å². The van der Waals surface area contributed by atoms with Gasteiger partial charge in [-0.15, -0.1) is 0 Å². The van der Waals surface area contributed by atoms with Gasteiger partial charge in [0.25, 0.3) is 10.2 Å². The predicted molar refractivity (Wildman–Crippen MR) is 83.8 cm³/mol. The molecule has 0 atom stereocenters. The Labute approximate surface area is 127 Å². The van der Waals surface area contributed by atoms with Crippen LogP contribution < -0.4 is 5.73 Å². The Hall–Kier alpha value is -0.280. The topological polar surface area (TPSA) is 69.9 Å². The summed E-state index contributed by atoms with van der Waals surface area (Å²) < 4.78 is 28.5. The Morgan fingerprint density at radius 3 is 1.90 bits per heavy atom. The lowest BCUT2D eigenvalue weighted by Crippen LogP contribution is -2.54. The quantitative estimate of drug-likeness (QED) is 0.739. The number of nitrogens with zero attached hydrogens (tertiary/aromatic N) is 3. The fourth-order valence-corrected chi connectivity index (χ4v) is 4.63. The van der Waals surface area contributed by atoms with E-state index in [2.05, 4.69) is 4.90 Å². The normalized spacial score (nSPS) is 24.4. The van der Waals surface area contributed by atoms with Crippen molar-refractivity contribution < 1.29 is 8.42 Å². The van der Waals surface area contributed by atoms with E-state index in [4.69, 9.17) is 18.0 Å². The third kappa shape index (κ3) is 4.11. The number of piperazine rings is 1. The van der Waals surface area contributed by atoms with E-state index in [-0.39, 0.29) is 0 Å². The van der Waals surface area contributed by atoms with Crippen molar-refractivity contribution in [2.24, 2.45) is 5.73 Å². The Bertz CT molecular complexity index is 425. The minimum atomic E-state index is -3.28. The first-order valence-electron chi connectivity index (χ1n) is 7.26. The Kier molecular flexibility index (Phi) is 5.74. The van der Waals surface area contributed by atoms with Crippen molar-refractivity contribution in [3.63, 3.8) is 0 Å². The second kappa shape index (κ2) is 7.13. The molecule has 0 aromatic carbocycles. The van der Waals surface area contributed by atoms with E-state index in [9.17, 15) is 8.42 Å². The molecule has 0 spiro atoms. The first-order chi connectivity index (χ1) is 9.50.